The molecule has 0 bridgehead atoms. The van der Waals surface area contributed by atoms with Crippen molar-refractivity contribution < 1.29 is 5.21 Å². The van der Waals surface area contributed by atoms with Gasteiger partial charge in [-0.3, -0.25) is 0 Å². The maximum absolute atomic E-state index is 8.53. The molecule has 2 unspecified atom stereocenters. The van der Waals surface area contributed by atoms with E-state index in [1.165, 1.54) is 32.4 Å². The van der Waals surface area contributed by atoms with E-state index in [0.717, 1.165) is 18.5 Å². The van der Waals surface area contributed by atoms with E-state index in [1.807, 2.05) is 6.92 Å². The first-order chi connectivity index (χ1) is 7.70. The van der Waals surface area contributed by atoms with E-state index in [1.54, 1.807) is 0 Å². The minimum atomic E-state index is -0.0417. The van der Waals surface area contributed by atoms with Crippen molar-refractivity contribution in [2.75, 3.05) is 19.6 Å². The van der Waals surface area contributed by atoms with E-state index in [-0.39, 0.29) is 11.9 Å². The van der Waals surface area contributed by atoms with Gasteiger partial charge in [0.1, 0.15) is 0 Å². The molecule has 1 aliphatic carbocycles. The van der Waals surface area contributed by atoms with Crippen LogP contribution in [-0.2, 0) is 0 Å². The Morgan fingerprint density at radius 1 is 1.56 bits per heavy atom. The van der Waals surface area contributed by atoms with Gasteiger partial charge in [-0.25, -0.2) is 0 Å². The van der Waals surface area contributed by atoms with Crippen LogP contribution >= 0.6 is 0 Å². The van der Waals surface area contributed by atoms with Crippen LogP contribution in [-0.4, -0.2) is 47.7 Å². The molecule has 92 valence electrons. The van der Waals surface area contributed by atoms with Crippen LogP contribution in [0.4, 0.5) is 0 Å². The summed E-state index contributed by atoms with van der Waals surface area (Å²) in [6, 6.07) is 0.839. The van der Waals surface area contributed by atoms with Gasteiger partial charge >= 0.3 is 0 Å². The second kappa shape index (κ2) is 5.01. The zero-order valence-electron chi connectivity index (χ0n) is 9.89. The summed E-state index contributed by atoms with van der Waals surface area (Å²) in [6.45, 7) is 5.33. The fourth-order valence-electron chi connectivity index (χ4n) is 2.34. The van der Waals surface area contributed by atoms with Crippen molar-refractivity contribution in [2.24, 2.45) is 16.8 Å². The van der Waals surface area contributed by atoms with Gasteiger partial charge in [-0.1, -0.05) is 5.16 Å². The lowest BCUT2D eigenvalue weighted by Crippen LogP contribution is -2.41. The highest BCUT2D eigenvalue weighted by molar-refractivity contribution is 5.84. The number of nitrogens with zero attached hydrogens (tertiary/aromatic N) is 2. The molecule has 16 heavy (non-hydrogen) atoms. The standard InChI is InChI=1S/C11H22N4O/c1-8(11(12)14-16)13-6-9-4-5-15(7-9)10-2-3-10/h8-10,13,16H,2-7H2,1H3,(H2,12,14). The molecule has 5 nitrogen and oxygen atoms in total. The Hall–Kier alpha value is -0.810. The van der Waals surface area contributed by atoms with E-state index in [4.69, 9.17) is 10.9 Å². The third-order valence-electron chi connectivity index (χ3n) is 3.65. The van der Waals surface area contributed by atoms with Crippen LogP contribution in [0.25, 0.3) is 0 Å². The normalized spacial score (nSPS) is 29.6. The summed E-state index contributed by atoms with van der Waals surface area (Å²) in [6.07, 6.45) is 4.05. The molecule has 0 aromatic rings. The number of hydrogen-bond donors (Lipinski definition) is 3. The summed E-state index contributed by atoms with van der Waals surface area (Å²) in [5, 5.41) is 14.9. The number of rotatable bonds is 5. The van der Waals surface area contributed by atoms with Crippen LogP contribution in [0.2, 0.25) is 0 Å². The number of nitrogens with one attached hydrogen (secondary N) is 1. The zero-order valence-corrected chi connectivity index (χ0v) is 9.89. The zero-order chi connectivity index (χ0) is 11.5. The third kappa shape index (κ3) is 2.86. The number of hydrogen-bond acceptors (Lipinski definition) is 4. The van der Waals surface area contributed by atoms with Gasteiger partial charge in [0.15, 0.2) is 5.84 Å². The van der Waals surface area contributed by atoms with Crippen molar-refractivity contribution in [2.45, 2.75) is 38.3 Å². The van der Waals surface area contributed by atoms with Crippen LogP contribution in [0.15, 0.2) is 5.16 Å². The van der Waals surface area contributed by atoms with E-state index in [2.05, 4.69) is 15.4 Å². The number of likely N-dealkylation sites (tertiary alicyclic amines) is 1. The number of amidine groups is 1. The Labute approximate surface area is 96.7 Å². The van der Waals surface area contributed by atoms with E-state index in [9.17, 15) is 0 Å². The molecular formula is C11H22N4O. The average Bonchev–Trinajstić information content (AvgIpc) is 3.05. The van der Waals surface area contributed by atoms with Crippen molar-refractivity contribution in [3.8, 4) is 0 Å². The second-order valence-electron chi connectivity index (χ2n) is 5.04. The SMILES string of the molecule is CC(NCC1CCN(C2CC2)C1)C(N)=NO. The molecule has 2 rings (SSSR count). The van der Waals surface area contributed by atoms with Gasteiger partial charge in [0.05, 0.1) is 6.04 Å². The van der Waals surface area contributed by atoms with E-state index in [0.29, 0.717) is 0 Å². The fourth-order valence-corrected chi connectivity index (χ4v) is 2.34. The van der Waals surface area contributed by atoms with Crippen LogP contribution in [0.3, 0.4) is 0 Å². The minimum Gasteiger partial charge on any atom is -0.409 e. The van der Waals surface area contributed by atoms with E-state index < -0.39 is 0 Å². The molecule has 0 amide bonds. The van der Waals surface area contributed by atoms with Crippen molar-refractivity contribution in [3.63, 3.8) is 0 Å². The van der Waals surface area contributed by atoms with Gasteiger partial charge in [-0.05, 0) is 45.2 Å². The second-order valence-corrected chi connectivity index (χ2v) is 5.04. The van der Waals surface area contributed by atoms with Gasteiger partial charge < -0.3 is 21.2 Å². The topological polar surface area (TPSA) is 73.9 Å². The Bertz CT molecular complexity index is 265. The smallest absolute Gasteiger partial charge is 0.156 e. The fraction of sp³-hybridized carbons (Fsp3) is 0.909. The quantitative estimate of drug-likeness (QED) is 0.271. The molecule has 0 spiro atoms. The molecule has 0 aromatic carbocycles. The summed E-state index contributed by atoms with van der Waals surface area (Å²) in [5.41, 5.74) is 5.51. The maximum atomic E-state index is 8.53. The number of oxime groups is 1. The first-order valence-corrected chi connectivity index (χ1v) is 6.15. The van der Waals surface area contributed by atoms with Crippen molar-refractivity contribution in [3.05, 3.63) is 0 Å². The molecule has 2 aliphatic rings. The predicted octanol–water partition coefficient (Wildman–Crippen LogP) is 0.195. The molecule has 0 aromatic heterocycles. The Balaban J connectivity index is 1.67. The van der Waals surface area contributed by atoms with Crippen molar-refractivity contribution >= 4 is 5.84 Å². The Kier molecular flexibility index (Phi) is 3.66. The summed E-state index contributed by atoms with van der Waals surface area (Å²) in [5.74, 6) is 0.978. The summed E-state index contributed by atoms with van der Waals surface area (Å²) < 4.78 is 0. The highest BCUT2D eigenvalue weighted by Gasteiger charge is 2.34. The molecule has 4 N–H and O–H groups in total. The number of nitrogens with two attached hydrogens (primary N) is 1. The monoisotopic (exact) mass is 226 g/mol. The van der Waals surface area contributed by atoms with Crippen LogP contribution in [0.5, 0.6) is 0 Å². The lowest BCUT2D eigenvalue weighted by atomic mass is 10.1. The molecule has 2 fully saturated rings. The predicted molar refractivity (Wildman–Crippen MR) is 63.6 cm³/mol. The highest BCUT2D eigenvalue weighted by atomic mass is 16.4. The molecule has 1 saturated carbocycles. The first-order valence-electron chi connectivity index (χ1n) is 6.15. The summed E-state index contributed by atoms with van der Waals surface area (Å²) in [7, 11) is 0. The van der Waals surface area contributed by atoms with Gasteiger partial charge in [0.2, 0.25) is 0 Å². The molecule has 1 heterocycles. The molecule has 1 aliphatic heterocycles. The van der Waals surface area contributed by atoms with Crippen LogP contribution in [0, 0.1) is 5.92 Å². The Morgan fingerprint density at radius 2 is 2.31 bits per heavy atom. The van der Waals surface area contributed by atoms with Gasteiger partial charge in [-0.15, -0.1) is 0 Å². The molecular weight excluding hydrogens is 204 g/mol. The minimum absolute atomic E-state index is 0.0417. The summed E-state index contributed by atoms with van der Waals surface area (Å²) in [4.78, 5) is 2.60. The average molecular weight is 226 g/mol. The summed E-state index contributed by atoms with van der Waals surface area (Å²) >= 11 is 0. The van der Waals surface area contributed by atoms with Crippen LogP contribution < -0.4 is 11.1 Å². The van der Waals surface area contributed by atoms with Crippen molar-refractivity contribution in [1.82, 2.24) is 10.2 Å². The van der Waals surface area contributed by atoms with Gasteiger partial charge in [0.25, 0.3) is 0 Å². The van der Waals surface area contributed by atoms with Gasteiger partial charge in [0, 0.05) is 12.6 Å². The largest absolute Gasteiger partial charge is 0.409 e. The highest BCUT2D eigenvalue weighted by Crippen LogP contribution is 2.31. The third-order valence-corrected chi connectivity index (χ3v) is 3.65. The Morgan fingerprint density at radius 3 is 2.94 bits per heavy atom. The van der Waals surface area contributed by atoms with Gasteiger partial charge in [-0.2, -0.15) is 0 Å². The van der Waals surface area contributed by atoms with Crippen LogP contribution in [0.1, 0.15) is 26.2 Å². The lowest BCUT2D eigenvalue weighted by molar-refractivity contribution is 0.308. The molecule has 2 atom stereocenters. The van der Waals surface area contributed by atoms with E-state index >= 15 is 0 Å². The molecule has 0 radical (unpaired) electrons. The lowest BCUT2D eigenvalue weighted by Gasteiger charge is -2.17. The maximum Gasteiger partial charge on any atom is 0.156 e. The van der Waals surface area contributed by atoms with Crippen molar-refractivity contribution in [1.29, 1.82) is 0 Å². The molecule has 5 heteroatoms. The molecule has 1 saturated heterocycles. The first kappa shape index (κ1) is 11.7.